The van der Waals surface area contributed by atoms with Gasteiger partial charge in [-0.1, -0.05) is 36.4 Å². The first-order valence-corrected chi connectivity index (χ1v) is 9.06. The number of likely N-dealkylation sites (tertiary alicyclic amines) is 1. The molecule has 1 fully saturated rings. The van der Waals surface area contributed by atoms with Crippen molar-refractivity contribution in [2.24, 2.45) is 0 Å². The maximum atomic E-state index is 12.5. The fourth-order valence-electron chi connectivity index (χ4n) is 3.05. The zero-order chi connectivity index (χ0) is 18.2. The Morgan fingerprint density at radius 2 is 1.65 bits per heavy atom. The molecule has 5 nitrogen and oxygen atoms in total. The molecule has 136 valence electrons. The van der Waals surface area contributed by atoms with Crippen molar-refractivity contribution in [1.82, 2.24) is 10.2 Å². The molecule has 0 bridgehead atoms. The van der Waals surface area contributed by atoms with Crippen LogP contribution < -0.4 is 10.1 Å². The van der Waals surface area contributed by atoms with Crippen LogP contribution in [0, 0.1) is 0 Å². The first kappa shape index (κ1) is 18.0. The minimum Gasteiger partial charge on any atom is -0.489 e. The second kappa shape index (κ2) is 9.04. The summed E-state index contributed by atoms with van der Waals surface area (Å²) in [5.41, 5.74) is 1.40. The van der Waals surface area contributed by atoms with Crippen LogP contribution in [0.4, 0.5) is 0 Å². The van der Waals surface area contributed by atoms with Crippen LogP contribution in [0.15, 0.2) is 54.6 Å². The molecule has 1 heterocycles. The Morgan fingerprint density at radius 3 is 2.42 bits per heavy atom. The van der Waals surface area contributed by atoms with Gasteiger partial charge in [-0.3, -0.25) is 9.59 Å². The Hall–Kier alpha value is -2.82. The number of benzene rings is 2. The highest BCUT2D eigenvalue weighted by Gasteiger charge is 2.18. The zero-order valence-electron chi connectivity index (χ0n) is 14.8. The molecule has 0 aromatic heterocycles. The van der Waals surface area contributed by atoms with E-state index in [2.05, 4.69) is 5.32 Å². The second-order valence-corrected chi connectivity index (χ2v) is 6.35. The molecule has 0 atom stereocenters. The molecule has 0 aliphatic carbocycles. The number of nitrogens with one attached hydrogen (secondary N) is 1. The lowest BCUT2D eigenvalue weighted by molar-refractivity contribution is -0.129. The fourth-order valence-corrected chi connectivity index (χ4v) is 3.05. The summed E-state index contributed by atoms with van der Waals surface area (Å²) in [6.07, 6.45) is 2.49. The Labute approximate surface area is 154 Å². The Bertz CT molecular complexity index is 740. The lowest BCUT2D eigenvalue weighted by Gasteiger charge is -2.15. The molecule has 0 unspecified atom stereocenters. The summed E-state index contributed by atoms with van der Waals surface area (Å²) >= 11 is 0. The van der Waals surface area contributed by atoms with Gasteiger partial charge in [0.25, 0.3) is 5.91 Å². The van der Waals surface area contributed by atoms with E-state index < -0.39 is 0 Å². The first-order chi connectivity index (χ1) is 12.7. The number of hydrogen-bond donors (Lipinski definition) is 1. The van der Waals surface area contributed by atoms with Gasteiger partial charge in [-0.15, -0.1) is 0 Å². The Balaban J connectivity index is 1.52. The maximum absolute atomic E-state index is 12.5. The number of ether oxygens (including phenoxy) is 1. The van der Waals surface area contributed by atoms with Crippen molar-refractivity contribution in [2.75, 3.05) is 19.6 Å². The highest BCUT2D eigenvalue weighted by atomic mass is 16.5. The fraction of sp³-hybridized carbons (Fsp3) is 0.333. The van der Waals surface area contributed by atoms with Gasteiger partial charge in [0.05, 0.1) is 0 Å². The van der Waals surface area contributed by atoms with Crippen molar-refractivity contribution >= 4 is 11.8 Å². The SMILES string of the molecule is O=C(NCCC(=O)N1CCCC1)c1ccccc1COc1ccccc1. The summed E-state index contributed by atoms with van der Waals surface area (Å²) in [7, 11) is 0. The van der Waals surface area contributed by atoms with Gasteiger partial charge in [-0.25, -0.2) is 0 Å². The van der Waals surface area contributed by atoms with Crippen LogP contribution >= 0.6 is 0 Å². The van der Waals surface area contributed by atoms with Gasteiger partial charge in [0.15, 0.2) is 0 Å². The van der Waals surface area contributed by atoms with Gasteiger partial charge in [0, 0.05) is 37.2 Å². The number of carbonyl (C=O) groups is 2. The molecule has 0 radical (unpaired) electrons. The number of carbonyl (C=O) groups excluding carboxylic acids is 2. The van der Waals surface area contributed by atoms with Crippen molar-refractivity contribution in [3.8, 4) is 5.75 Å². The summed E-state index contributed by atoms with van der Waals surface area (Å²) in [4.78, 5) is 26.4. The average Bonchev–Trinajstić information content (AvgIpc) is 3.22. The molecule has 2 amide bonds. The van der Waals surface area contributed by atoms with Gasteiger partial charge < -0.3 is 15.0 Å². The third kappa shape index (κ3) is 4.85. The van der Waals surface area contributed by atoms with Crippen LogP contribution in [-0.2, 0) is 11.4 Å². The average molecular weight is 352 g/mol. The molecule has 1 aliphatic rings. The van der Waals surface area contributed by atoms with Crippen LogP contribution in [0.3, 0.4) is 0 Å². The van der Waals surface area contributed by atoms with E-state index in [1.165, 1.54) is 0 Å². The summed E-state index contributed by atoms with van der Waals surface area (Å²) in [5, 5.41) is 2.85. The molecule has 5 heteroatoms. The summed E-state index contributed by atoms with van der Waals surface area (Å²) in [5.74, 6) is 0.703. The van der Waals surface area contributed by atoms with E-state index in [1.54, 1.807) is 6.07 Å². The minimum atomic E-state index is -0.175. The molecule has 1 N–H and O–H groups in total. The van der Waals surface area contributed by atoms with Crippen molar-refractivity contribution in [2.45, 2.75) is 25.9 Å². The number of nitrogens with zero attached hydrogens (tertiary/aromatic N) is 1. The largest absolute Gasteiger partial charge is 0.489 e. The monoisotopic (exact) mass is 352 g/mol. The van der Waals surface area contributed by atoms with Crippen LogP contribution in [0.25, 0.3) is 0 Å². The van der Waals surface area contributed by atoms with Gasteiger partial charge in [0.2, 0.25) is 5.91 Å². The smallest absolute Gasteiger partial charge is 0.251 e. The molecule has 2 aromatic rings. The predicted molar refractivity (Wildman–Crippen MR) is 100.0 cm³/mol. The third-order valence-electron chi connectivity index (χ3n) is 4.48. The van der Waals surface area contributed by atoms with E-state index >= 15 is 0 Å². The molecule has 0 saturated carbocycles. The van der Waals surface area contributed by atoms with E-state index in [9.17, 15) is 9.59 Å². The Kier molecular flexibility index (Phi) is 6.25. The van der Waals surface area contributed by atoms with E-state index in [1.807, 2.05) is 53.4 Å². The van der Waals surface area contributed by atoms with Crippen molar-refractivity contribution in [1.29, 1.82) is 0 Å². The maximum Gasteiger partial charge on any atom is 0.251 e. The van der Waals surface area contributed by atoms with E-state index in [-0.39, 0.29) is 11.8 Å². The minimum absolute atomic E-state index is 0.114. The number of para-hydroxylation sites is 1. The van der Waals surface area contributed by atoms with Crippen LogP contribution in [0.5, 0.6) is 5.75 Å². The number of rotatable bonds is 7. The molecule has 2 aromatic carbocycles. The molecule has 3 rings (SSSR count). The molecule has 0 spiro atoms. The summed E-state index contributed by atoms with van der Waals surface area (Å²) in [6.45, 7) is 2.35. The lowest BCUT2D eigenvalue weighted by Crippen LogP contribution is -2.33. The highest BCUT2D eigenvalue weighted by Crippen LogP contribution is 2.15. The summed E-state index contributed by atoms with van der Waals surface area (Å²) in [6, 6.07) is 16.9. The van der Waals surface area contributed by atoms with Crippen LogP contribution in [0.2, 0.25) is 0 Å². The molecule has 1 saturated heterocycles. The van der Waals surface area contributed by atoms with Gasteiger partial charge in [-0.2, -0.15) is 0 Å². The first-order valence-electron chi connectivity index (χ1n) is 9.06. The zero-order valence-corrected chi connectivity index (χ0v) is 14.8. The molecular weight excluding hydrogens is 328 g/mol. The van der Waals surface area contributed by atoms with Crippen molar-refractivity contribution in [3.05, 3.63) is 65.7 Å². The topological polar surface area (TPSA) is 58.6 Å². The predicted octanol–water partition coefficient (Wildman–Crippen LogP) is 3.01. The van der Waals surface area contributed by atoms with Crippen molar-refractivity contribution < 1.29 is 14.3 Å². The lowest BCUT2D eigenvalue weighted by atomic mass is 10.1. The van der Waals surface area contributed by atoms with Crippen LogP contribution in [-0.4, -0.2) is 36.3 Å². The van der Waals surface area contributed by atoms with Crippen LogP contribution in [0.1, 0.15) is 35.2 Å². The summed E-state index contributed by atoms with van der Waals surface area (Å²) < 4.78 is 5.75. The molecule has 1 aliphatic heterocycles. The highest BCUT2D eigenvalue weighted by molar-refractivity contribution is 5.95. The van der Waals surface area contributed by atoms with Gasteiger partial charge in [-0.05, 0) is 31.0 Å². The molecular formula is C21H24N2O3. The number of amides is 2. The third-order valence-corrected chi connectivity index (χ3v) is 4.48. The van der Waals surface area contributed by atoms with Gasteiger partial charge in [0.1, 0.15) is 12.4 Å². The molecule has 26 heavy (non-hydrogen) atoms. The number of hydrogen-bond acceptors (Lipinski definition) is 3. The second-order valence-electron chi connectivity index (χ2n) is 6.35. The standard InChI is InChI=1S/C21H24N2O3/c24-20(23-14-6-7-15-23)12-13-22-21(25)19-11-5-4-8-17(19)16-26-18-9-2-1-3-10-18/h1-5,8-11H,6-7,12-16H2,(H,22,25). The Morgan fingerprint density at radius 1 is 0.962 bits per heavy atom. The van der Waals surface area contributed by atoms with E-state index in [0.29, 0.717) is 25.1 Å². The van der Waals surface area contributed by atoms with E-state index in [4.69, 9.17) is 4.74 Å². The van der Waals surface area contributed by atoms with E-state index in [0.717, 1.165) is 37.2 Å². The van der Waals surface area contributed by atoms with Crippen molar-refractivity contribution in [3.63, 3.8) is 0 Å². The quantitative estimate of drug-likeness (QED) is 0.833. The van der Waals surface area contributed by atoms with Gasteiger partial charge >= 0.3 is 0 Å². The normalized spacial score (nSPS) is 13.5.